The minimum atomic E-state index is -3.04. The normalized spacial score (nSPS) is 27.5. The summed E-state index contributed by atoms with van der Waals surface area (Å²) < 4.78 is 23.2. The highest BCUT2D eigenvalue weighted by Gasteiger charge is 2.42. The molecule has 132 valence electrons. The zero-order chi connectivity index (χ0) is 17.4. The SMILES string of the molecule is CN(CC(C)(C)CN)C(=O)C1CC(=O)N(C2CCS(=O)(=O)C2)C1. The maximum absolute atomic E-state index is 12.6. The van der Waals surface area contributed by atoms with Crippen LogP contribution in [-0.2, 0) is 19.4 Å². The smallest absolute Gasteiger partial charge is 0.227 e. The summed E-state index contributed by atoms with van der Waals surface area (Å²) in [7, 11) is -1.31. The number of hydrogen-bond acceptors (Lipinski definition) is 5. The van der Waals surface area contributed by atoms with Gasteiger partial charge in [-0.15, -0.1) is 0 Å². The quantitative estimate of drug-likeness (QED) is 0.721. The fraction of sp³-hybridized carbons (Fsp3) is 0.867. The van der Waals surface area contributed by atoms with Crippen LogP contribution in [0.15, 0.2) is 0 Å². The maximum atomic E-state index is 12.6. The van der Waals surface area contributed by atoms with E-state index in [4.69, 9.17) is 5.73 Å². The number of carbonyl (C=O) groups excluding carboxylic acids is 2. The summed E-state index contributed by atoms with van der Waals surface area (Å²) in [6, 6.07) is -0.268. The molecule has 7 nitrogen and oxygen atoms in total. The lowest BCUT2D eigenvalue weighted by molar-refractivity contribution is -0.135. The molecule has 23 heavy (non-hydrogen) atoms. The van der Waals surface area contributed by atoms with Crippen LogP contribution in [0.5, 0.6) is 0 Å². The van der Waals surface area contributed by atoms with E-state index in [0.29, 0.717) is 26.1 Å². The number of nitrogens with zero attached hydrogens (tertiary/aromatic N) is 2. The largest absolute Gasteiger partial charge is 0.345 e. The highest BCUT2D eigenvalue weighted by molar-refractivity contribution is 7.91. The number of carbonyl (C=O) groups is 2. The van der Waals surface area contributed by atoms with Crippen LogP contribution in [0.25, 0.3) is 0 Å². The first kappa shape index (κ1) is 18.2. The van der Waals surface area contributed by atoms with Gasteiger partial charge in [0.1, 0.15) is 0 Å². The molecular weight excluding hydrogens is 318 g/mol. The molecule has 2 rings (SSSR count). The van der Waals surface area contributed by atoms with Crippen LogP contribution >= 0.6 is 0 Å². The van der Waals surface area contributed by atoms with Gasteiger partial charge in [0.15, 0.2) is 9.84 Å². The van der Waals surface area contributed by atoms with Gasteiger partial charge in [-0.25, -0.2) is 8.42 Å². The van der Waals surface area contributed by atoms with Crippen LogP contribution in [0.4, 0.5) is 0 Å². The number of likely N-dealkylation sites (tertiary alicyclic amines) is 1. The summed E-state index contributed by atoms with van der Waals surface area (Å²) in [5, 5.41) is 0. The van der Waals surface area contributed by atoms with Gasteiger partial charge in [0, 0.05) is 32.6 Å². The Balaban J connectivity index is 1.98. The van der Waals surface area contributed by atoms with Gasteiger partial charge in [-0.05, 0) is 18.4 Å². The standard InChI is InChI=1S/C15H27N3O4S/c1-15(2,9-16)10-17(3)14(20)11-6-13(19)18(7-11)12-4-5-23(21,22)8-12/h11-12H,4-10,16H2,1-3H3. The van der Waals surface area contributed by atoms with E-state index in [-0.39, 0.29) is 47.1 Å². The number of amides is 2. The molecule has 0 spiro atoms. The van der Waals surface area contributed by atoms with Gasteiger partial charge < -0.3 is 15.5 Å². The molecule has 2 unspecified atom stereocenters. The highest BCUT2D eigenvalue weighted by atomic mass is 32.2. The van der Waals surface area contributed by atoms with Crippen molar-refractivity contribution in [1.29, 1.82) is 0 Å². The Kier molecular flexibility index (Phi) is 5.06. The Bertz CT molecular complexity index is 588. The van der Waals surface area contributed by atoms with E-state index in [9.17, 15) is 18.0 Å². The summed E-state index contributed by atoms with van der Waals surface area (Å²) in [5.41, 5.74) is 5.53. The molecule has 2 N–H and O–H groups in total. The lowest BCUT2D eigenvalue weighted by atomic mass is 9.92. The molecule has 0 bridgehead atoms. The Morgan fingerprint density at radius 3 is 2.61 bits per heavy atom. The van der Waals surface area contributed by atoms with Gasteiger partial charge in [-0.2, -0.15) is 0 Å². The summed E-state index contributed by atoms with van der Waals surface area (Å²) in [5.74, 6) is -0.412. The van der Waals surface area contributed by atoms with Gasteiger partial charge >= 0.3 is 0 Å². The predicted molar refractivity (Wildman–Crippen MR) is 87.4 cm³/mol. The van der Waals surface area contributed by atoms with Gasteiger partial charge in [-0.3, -0.25) is 9.59 Å². The molecule has 2 fully saturated rings. The lowest BCUT2D eigenvalue weighted by Crippen LogP contribution is -2.43. The molecule has 2 amide bonds. The second kappa shape index (κ2) is 6.39. The van der Waals surface area contributed by atoms with Crippen LogP contribution in [0.3, 0.4) is 0 Å². The molecule has 0 radical (unpaired) electrons. The third-order valence-electron chi connectivity index (χ3n) is 4.75. The van der Waals surface area contributed by atoms with Crippen molar-refractivity contribution in [2.24, 2.45) is 17.1 Å². The Labute approximate surface area is 138 Å². The minimum Gasteiger partial charge on any atom is -0.345 e. The Morgan fingerprint density at radius 1 is 1.43 bits per heavy atom. The first-order chi connectivity index (χ1) is 10.5. The number of rotatable bonds is 5. The van der Waals surface area contributed by atoms with Crippen LogP contribution < -0.4 is 5.73 Å². The van der Waals surface area contributed by atoms with E-state index in [2.05, 4.69) is 0 Å². The number of sulfone groups is 1. The molecule has 2 saturated heterocycles. The van der Waals surface area contributed by atoms with Gasteiger partial charge in [0.05, 0.1) is 17.4 Å². The van der Waals surface area contributed by atoms with Crippen LogP contribution in [0, 0.1) is 11.3 Å². The highest BCUT2D eigenvalue weighted by Crippen LogP contribution is 2.27. The molecule has 2 aliphatic heterocycles. The third-order valence-corrected chi connectivity index (χ3v) is 6.50. The Morgan fingerprint density at radius 2 is 2.09 bits per heavy atom. The molecule has 2 atom stereocenters. The van der Waals surface area contributed by atoms with Crippen molar-refractivity contribution in [3.63, 3.8) is 0 Å². The Hall–Kier alpha value is -1.15. The maximum Gasteiger partial charge on any atom is 0.227 e. The van der Waals surface area contributed by atoms with E-state index in [0.717, 1.165) is 0 Å². The van der Waals surface area contributed by atoms with Gasteiger partial charge in [-0.1, -0.05) is 13.8 Å². The van der Waals surface area contributed by atoms with Crippen molar-refractivity contribution in [2.45, 2.75) is 32.7 Å². The van der Waals surface area contributed by atoms with E-state index in [1.807, 2.05) is 13.8 Å². The van der Waals surface area contributed by atoms with Crippen molar-refractivity contribution in [3.05, 3.63) is 0 Å². The lowest BCUT2D eigenvalue weighted by Gasteiger charge is -2.30. The number of hydrogen-bond donors (Lipinski definition) is 1. The topological polar surface area (TPSA) is 101 Å². The van der Waals surface area contributed by atoms with E-state index in [1.165, 1.54) is 0 Å². The van der Waals surface area contributed by atoms with Crippen molar-refractivity contribution < 1.29 is 18.0 Å². The molecule has 0 aromatic rings. The summed E-state index contributed by atoms with van der Waals surface area (Å²) in [4.78, 5) is 28.0. The average Bonchev–Trinajstić information content (AvgIpc) is 3.00. The average molecular weight is 345 g/mol. The second-order valence-corrected chi connectivity index (χ2v) is 9.80. The molecule has 0 aliphatic carbocycles. The molecule has 0 saturated carbocycles. The zero-order valence-electron chi connectivity index (χ0n) is 14.1. The van der Waals surface area contributed by atoms with Crippen molar-refractivity contribution in [3.8, 4) is 0 Å². The summed E-state index contributed by atoms with van der Waals surface area (Å²) >= 11 is 0. The predicted octanol–water partition coefficient (Wildman–Crippen LogP) is -0.535. The van der Waals surface area contributed by atoms with E-state index >= 15 is 0 Å². The third kappa shape index (κ3) is 4.23. The van der Waals surface area contributed by atoms with Gasteiger partial charge in [0.2, 0.25) is 11.8 Å². The molecule has 0 aromatic heterocycles. The first-order valence-corrected chi connectivity index (χ1v) is 9.82. The van der Waals surface area contributed by atoms with Crippen LogP contribution in [0.2, 0.25) is 0 Å². The first-order valence-electron chi connectivity index (χ1n) is 7.99. The molecule has 2 heterocycles. The van der Waals surface area contributed by atoms with Gasteiger partial charge in [0.25, 0.3) is 0 Å². The molecule has 8 heteroatoms. The van der Waals surface area contributed by atoms with E-state index in [1.54, 1.807) is 16.8 Å². The minimum absolute atomic E-state index is 0.0235. The molecule has 2 aliphatic rings. The zero-order valence-corrected chi connectivity index (χ0v) is 14.9. The monoisotopic (exact) mass is 345 g/mol. The van der Waals surface area contributed by atoms with Crippen molar-refractivity contribution in [1.82, 2.24) is 9.80 Å². The fourth-order valence-corrected chi connectivity index (χ4v) is 5.10. The van der Waals surface area contributed by atoms with Crippen LogP contribution in [-0.4, -0.2) is 74.3 Å². The summed E-state index contributed by atoms with van der Waals surface area (Å²) in [6.07, 6.45) is 0.647. The fourth-order valence-electron chi connectivity index (χ4n) is 3.37. The second-order valence-electron chi connectivity index (χ2n) is 7.57. The van der Waals surface area contributed by atoms with Crippen molar-refractivity contribution >= 4 is 21.7 Å². The van der Waals surface area contributed by atoms with Crippen molar-refractivity contribution in [2.75, 3.05) is 38.2 Å². The van der Waals surface area contributed by atoms with E-state index < -0.39 is 9.84 Å². The number of nitrogens with two attached hydrogens (primary N) is 1. The molecule has 0 aromatic carbocycles. The van der Waals surface area contributed by atoms with Crippen LogP contribution in [0.1, 0.15) is 26.7 Å². The summed E-state index contributed by atoms with van der Waals surface area (Å²) in [6.45, 7) is 5.31. The molecular formula is C15H27N3O4S.